The molecule has 0 unspecified atom stereocenters. The number of carboxylic acid groups (broad SMARTS) is 1. The molecule has 0 aliphatic rings. The van der Waals surface area contributed by atoms with Gasteiger partial charge in [0.05, 0.1) is 0 Å². The average Bonchev–Trinajstić information content (AvgIpc) is 2.15. The van der Waals surface area contributed by atoms with Gasteiger partial charge in [0.25, 0.3) is 5.97 Å². The Bertz CT molecular complexity index is 240. The molecule has 3 heteroatoms. The molecule has 1 aromatic carbocycles. The van der Waals surface area contributed by atoms with Crippen molar-refractivity contribution in [1.82, 2.24) is 0 Å². The summed E-state index contributed by atoms with van der Waals surface area (Å²) in [6, 6.07) is 10.2. The Hall–Kier alpha value is -1.35. The molecule has 3 nitrogen and oxygen atoms in total. The van der Waals surface area contributed by atoms with Crippen molar-refractivity contribution in [3.05, 3.63) is 35.9 Å². The summed E-state index contributed by atoms with van der Waals surface area (Å²) >= 11 is 0. The molecule has 0 amide bonds. The molecular weight excluding hydrogens is 180 g/mol. The van der Waals surface area contributed by atoms with E-state index in [2.05, 4.69) is 12.1 Å². The summed E-state index contributed by atoms with van der Waals surface area (Å²) in [7, 11) is 0. The van der Waals surface area contributed by atoms with E-state index in [1.165, 1.54) is 5.56 Å². The largest absolute Gasteiger partial charge is 0.481 e. The molecule has 0 aliphatic heterocycles. The lowest BCUT2D eigenvalue weighted by Crippen LogP contribution is -1.87. The minimum Gasteiger partial charge on any atom is -0.481 e. The lowest BCUT2D eigenvalue weighted by Gasteiger charge is -1.96. The Labute approximate surface area is 84.0 Å². The van der Waals surface area contributed by atoms with E-state index in [9.17, 15) is 0 Å². The van der Waals surface area contributed by atoms with Crippen molar-refractivity contribution in [3.8, 4) is 0 Å². The number of aliphatic carboxylic acids is 1. The molecule has 0 aliphatic carbocycles. The van der Waals surface area contributed by atoms with E-state index in [1.807, 2.05) is 18.2 Å². The van der Waals surface area contributed by atoms with Crippen molar-refractivity contribution in [2.45, 2.75) is 19.8 Å². The Morgan fingerprint density at radius 3 is 2.21 bits per heavy atom. The highest BCUT2D eigenvalue weighted by atomic mass is 16.4. The number of carboxylic acids is 1. The maximum atomic E-state index is 9.00. The number of aliphatic hydroxyl groups is 1. The summed E-state index contributed by atoms with van der Waals surface area (Å²) in [5.41, 5.74) is 1.30. The van der Waals surface area contributed by atoms with E-state index in [4.69, 9.17) is 15.0 Å². The van der Waals surface area contributed by atoms with Gasteiger partial charge in [0.15, 0.2) is 0 Å². The van der Waals surface area contributed by atoms with E-state index in [0.29, 0.717) is 0 Å². The molecule has 0 aromatic heterocycles. The lowest BCUT2D eigenvalue weighted by molar-refractivity contribution is -0.134. The molecule has 1 aromatic rings. The number of hydrogen-bond acceptors (Lipinski definition) is 2. The Kier molecular flexibility index (Phi) is 7.46. The van der Waals surface area contributed by atoms with Crippen molar-refractivity contribution in [2.75, 3.05) is 6.61 Å². The Morgan fingerprint density at radius 2 is 1.79 bits per heavy atom. The zero-order valence-electron chi connectivity index (χ0n) is 8.31. The summed E-state index contributed by atoms with van der Waals surface area (Å²) in [4.78, 5) is 9.00. The van der Waals surface area contributed by atoms with Crippen LogP contribution in [0.15, 0.2) is 30.3 Å². The van der Waals surface area contributed by atoms with Crippen molar-refractivity contribution >= 4 is 5.97 Å². The van der Waals surface area contributed by atoms with Crippen LogP contribution in [0.3, 0.4) is 0 Å². The third-order valence-corrected chi connectivity index (χ3v) is 1.47. The van der Waals surface area contributed by atoms with Crippen LogP contribution < -0.4 is 0 Å². The van der Waals surface area contributed by atoms with E-state index < -0.39 is 5.97 Å². The molecule has 78 valence electrons. The number of rotatable bonds is 3. The molecule has 0 saturated heterocycles. The Morgan fingerprint density at radius 1 is 1.29 bits per heavy atom. The van der Waals surface area contributed by atoms with E-state index in [0.717, 1.165) is 19.8 Å². The molecule has 0 heterocycles. The molecule has 0 fully saturated rings. The normalized spacial score (nSPS) is 8.71. The van der Waals surface area contributed by atoms with Crippen LogP contribution in [0.25, 0.3) is 0 Å². The average molecular weight is 196 g/mol. The molecule has 0 radical (unpaired) electrons. The van der Waals surface area contributed by atoms with Crippen molar-refractivity contribution < 1.29 is 15.0 Å². The van der Waals surface area contributed by atoms with Crippen LogP contribution in [0, 0.1) is 0 Å². The van der Waals surface area contributed by atoms with Gasteiger partial charge in [-0.1, -0.05) is 30.3 Å². The lowest BCUT2D eigenvalue weighted by atomic mass is 10.1. The molecule has 0 atom stereocenters. The molecule has 0 saturated carbocycles. The van der Waals surface area contributed by atoms with Gasteiger partial charge in [-0.2, -0.15) is 0 Å². The topological polar surface area (TPSA) is 57.5 Å². The summed E-state index contributed by atoms with van der Waals surface area (Å²) in [6.07, 6.45) is 1.85. The van der Waals surface area contributed by atoms with Gasteiger partial charge in [-0.05, 0) is 18.4 Å². The molecule has 0 bridgehead atoms. The molecule has 0 spiro atoms. The summed E-state index contributed by atoms with van der Waals surface area (Å²) in [5.74, 6) is -0.833. The number of aryl methyl sites for hydroxylation is 1. The monoisotopic (exact) mass is 196 g/mol. The predicted molar refractivity (Wildman–Crippen MR) is 55.2 cm³/mol. The smallest absolute Gasteiger partial charge is 0.300 e. The summed E-state index contributed by atoms with van der Waals surface area (Å²) < 4.78 is 0. The van der Waals surface area contributed by atoms with Gasteiger partial charge in [0.2, 0.25) is 0 Å². The number of aliphatic hydroxyl groups excluding tert-OH is 1. The second-order valence-electron chi connectivity index (χ2n) is 2.83. The van der Waals surface area contributed by atoms with Crippen molar-refractivity contribution in [1.29, 1.82) is 0 Å². The van der Waals surface area contributed by atoms with Crippen molar-refractivity contribution in [3.63, 3.8) is 0 Å². The zero-order chi connectivity index (χ0) is 10.8. The Balaban J connectivity index is 0.000000364. The van der Waals surface area contributed by atoms with Gasteiger partial charge < -0.3 is 10.2 Å². The number of carbonyl (C=O) groups is 1. The van der Waals surface area contributed by atoms with Crippen LogP contribution in [0.4, 0.5) is 0 Å². The second kappa shape index (κ2) is 8.26. The molecule has 1 rings (SSSR count). The number of benzene rings is 1. The van der Waals surface area contributed by atoms with Crippen LogP contribution in [0.1, 0.15) is 18.9 Å². The highest BCUT2D eigenvalue weighted by Crippen LogP contribution is 2.00. The van der Waals surface area contributed by atoms with Gasteiger partial charge in [-0.25, -0.2) is 0 Å². The van der Waals surface area contributed by atoms with Gasteiger partial charge in [0, 0.05) is 13.5 Å². The van der Waals surface area contributed by atoms with Crippen LogP contribution in [-0.4, -0.2) is 22.8 Å². The number of hydrogen-bond donors (Lipinski definition) is 2. The molecule has 2 N–H and O–H groups in total. The first-order chi connectivity index (χ1) is 6.66. The summed E-state index contributed by atoms with van der Waals surface area (Å²) in [6.45, 7) is 1.37. The van der Waals surface area contributed by atoms with Crippen LogP contribution >= 0.6 is 0 Å². The van der Waals surface area contributed by atoms with Crippen molar-refractivity contribution in [2.24, 2.45) is 0 Å². The maximum Gasteiger partial charge on any atom is 0.300 e. The summed E-state index contributed by atoms with van der Waals surface area (Å²) in [5, 5.41) is 15.9. The fourth-order valence-electron chi connectivity index (χ4n) is 0.928. The SMILES string of the molecule is CC(=O)O.OCCCc1ccccc1. The molecule has 14 heavy (non-hydrogen) atoms. The maximum absolute atomic E-state index is 9.00. The highest BCUT2D eigenvalue weighted by Gasteiger charge is 1.87. The van der Waals surface area contributed by atoms with E-state index in [-0.39, 0.29) is 6.61 Å². The molecular formula is C11H16O3. The van der Waals surface area contributed by atoms with Gasteiger partial charge in [-0.3, -0.25) is 4.79 Å². The third-order valence-electron chi connectivity index (χ3n) is 1.47. The van der Waals surface area contributed by atoms with E-state index >= 15 is 0 Å². The fourth-order valence-corrected chi connectivity index (χ4v) is 0.928. The first-order valence-corrected chi connectivity index (χ1v) is 4.51. The van der Waals surface area contributed by atoms with Crippen LogP contribution in [0.2, 0.25) is 0 Å². The van der Waals surface area contributed by atoms with Crippen LogP contribution in [-0.2, 0) is 11.2 Å². The third kappa shape index (κ3) is 8.74. The minimum atomic E-state index is -0.833. The standard InChI is InChI=1S/C9H12O.C2H4O2/c10-8-4-7-9-5-2-1-3-6-9;1-2(3)4/h1-3,5-6,10H,4,7-8H2;1H3,(H,3,4). The fraction of sp³-hybridized carbons (Fsp3) is 0.364. The minimum absolute atomic E-state index is 0.287. The van der Waals surface area contributed by atoms with Gasteiger partial charge >= 0.3 is 0 Å². The second-order valence-corrected chi connectivity index (χ2v) is 2.83. The van der Waals surface area contributed by atoms with Gasteiger partial charge in [-0.15, -0.1) is 0 Å². The zero-order valence-corrected chi connectivity index (χ0v) is 8.31. The first-order valence-electron chi connectivity index (χ1n) is 4.51. The van der Waals surface area contributed by atoms with Gasteiger partial charge in [0.1, 0.15) is 0 Å². The first kappa shape index (κ1) is 12.7. The van der Waals surface area contributed by atoms with E-state index in [1.54, 1.807) is 0 Å². The highest BCUT2D eigenvalue weighted by molar-refractivity contribution is 5.62. The predicted octanol–water partition coefficient (Wildman–Crippen LogP) is 1.70. The quantitative estimate of drug-likeness (QED) is 0.773. The van der Waals surface area contributed by atoms with Crippen LogP contribution in [0.5, 0.6) is 0 Å².